The second-order valence-corrected chi connectivity index (χ2v) is 6.77. The Morgan fingerprint density at radius 2 is 1.90 bits per heavy atom. The number of carbonyl (C=O) groups excluding carboxylic acids is 3. The van der Waals surface area contributed by atoms with Gasteiger partial charge in [0, 0.05) is 18.7 Å². The van der Waals surface area contributed by atoms with Crippen LogP contribution in [0.2, 0.25) is 0 Å². The molecule has 2 aromatic rings. The first-order valence-corrected chi connectivity index (χ1v) is 9.60. The van der Waals surface area contributed by atoms with Crippen molar-refractivity contribution in [3.8, 4) is 5.69 Å². The summed E-state index contributed by atoms with van der Waals surface area (Å²) in [5.74, 6) is -1.24. The summed E-state index contributed by atoms with van der Waals surface area (Å²) in [6, 6.07) is 6.75. The Morgan fingerprint density at radius 1 is 1.23 bits per heavy atom. The van der Waals surface area contributed by atoms with Crippen LogP contribution in [0.15, 0.2) is 36.9 Å². The smallest absolute Gasteiger partial charge is 0.338 e. The van der Waals surface area contributed by atoms with Gasteiger partial charge in [-0.1, -0.05) is 6.08 Å². The molecule has 0 saturated heterocycles. The Morgan fingerprint density at radius 3 is 2.50 bits per heavy atom. The van der Waals surface area contributed by atoms with E-state index in [1.54, 1.807) is 35.0 Å². The van der Waals surface area contributed by atoms with Gasteiger partial charge in [-0.2, -0.15) is 5.10 Å². The van der Waals surface area contributed by atoms with E-state index < -0.39 is 12.1 Å². The molecule has 8 nitrogen and oxygen atoms in total. The standard InChI is InChI=1S/C22H27N3O5/c1-6-13-23-21(27)16(4)30-22(28)17-7-9-18(10-8-17)25-15(3)19(14(2)24-25)11-12-20(26)29-5/h6-10,16H,1,11-13H2,2-5H3,(H,23,27)/t16-/m0/s1. The topological polar surface area (TPSA) is 99.5 Å². The van der Waals surface area contributed by atoms with Crippen LogP contribution in [-0.4, -0.2) is 47.4 Å². The van der Waals surface area contributed by atoms with E-state index >= 15 is 0 Å². The first-order chi connectivity index (χ1) is 14.3. The number of amides is 1. The summed E-state index contributed by atoms with van der Waals surface area (Å²) in [4.78, 5) is 35.5. The molecule has 2 rings (SSSR count). The highest BCUT2D eigenvalue weighted by Crippen LogP contribution is 2.20. The number of benzene rings is 1. The summed E-state index contributed by atoms with van der Waals surface area (Å²) in [5.41, 5.74) is 3.84. The number of ether oxygens (including phenoxy) is 2. The number of aromatic nitrogens is 2. The van der Waals surface area contributed by atoms with E-state index in [0.29, 0.717) is 18.5 Å². The maximum atomic E-state index is 12.3. The second kappa shape index (κ2) is 10.4. The highest BCUT2D eigenvalue weighted by Gasteiger charge is 2.19. The van der Waals surface area contributed by atoms with Gasteiger partial charge in [-0.05, 0) is 57.0 Å². The van der Waals surface area contributed by atoms with Gasteiger partial charge in [0.15, 0.2) is 6.10 Å². The molecule has 0 saturated carbocycles. The molecule has 1 amide bonds. The summed E-state index contributed by atoms with van der Waals surface area (Å²) < 4.78 is 11.7. The van der Waals surface area contributed by atoms with Crippen LogP contribution in [0.1, 0.15) is 40.7 Å². The fourth-order valence-corrected chi connectivity index (χ4v) is 2.95. The first kappa shape index (κ1) is 22.9. The molecule has 0 aliphatic heterocycles. The van der Waals surface area contributed by atoms with Crippen molar-refractivity contribution < 1.29 is 23.9 Å². The molecule has 0 bridgehead atoms. The van der Waals surface area contributed by atoms with Crippen molar-refractivity contribution in [3.05, 3.63) is 59.4 Å². The van der Waals surface area contributed by atoms with Crippen molar-refractivity contribution >= 4 is 17.8 Å². The van der Waals surface area contributed by atoms with Crippen LogP contribution in [0.25, 0.3) is 5.69 Å². The van der Waals surface area contributed by atoms with E-state index in [9.17, 15) is 14.4 Å². The largest absolute Gasteiger partial charge is 0.469 e. The van der Waals surface area contributed by atoms with Crippen molar-refractivity contribution in [2.24, 2.45) is 0 Å². The van der Waals surface area contributed by atoms with E-state index in [-0.39, 0.29) is 18.3 Å². The van der Waals surface area contributed by atoms with E-state index in [2.05, 4.69) is 17.0 Å². The van der Waals surface area contributed by atoms with Crippen LogP contribution in [0.5, 0.6) is 0 Å². The molecule has 1 N–H and O–H groups in total. The molecule has 0 radical (unpaired) electrons. The zero-order chi connectivity index (χ0) is 22.3. The fraction of sp³-hybridized carbons (Fsp3) is 0.364. The van der Waals surface area contributed by atoms with Crippen LogP contribution < -0.4 is 5.32 Å². The molecule has 30 heavy (non-hydrogen) atoms. The average molecular weight is 413 g/mol. The molecule has 0 unspecified atom stereocenters. The zero-order valence-electron chi connectivity index (χ0n) is 17.7. The van der Waals surface area contributed by atoms with Gasteiger partial charge in [0.25, 0.3) is 5.91 Å². The van der Waals surface area contributed by atoms with Gasteiger partial charge < -0.3 is 14.8 Å². The number of esters is 2. The third-order valence-corrected chi connectivity index (χ3v) is 4.67. The molecular formula is C22H27N3O5. The molecule has 1 heterocycles. The third-order valence-electron chi connectivity index (χ3n) is 4.67. The summed E-state index contributed by atoms with van der Waals surface area (Å²) in [7, 11) is 1.37. The van der Waals surface area contributed by atoms with Crippen molar-refractivity contribution in [1.82, 2.24) is 15.1 Å². The van der Waals surface area contributed by atoms with Crippen LogP contribution >= 0.6 is 0 Å². The van der Waals surface area contributed by atoms with Gasteiger partial charge in [-0.3, -0.25) is 9.59 Å². The summed E-state index contributed by atoms with van der Waals surface area (Å²) >= 11 is 0. The lowest BCUT2D eigenvalue weighted by atomic mass is 10.1. The monoisotopic (exact) mass is 413 g/mol. The van der Waals surface area contributed by atoms with Crippen LogP contribution in [0.3, 0.4) is 0 Å². The number of nitrogens with zero attached hydrogens (tertiary/aromatic N) is 2. The third kappa shape index (κ3) is 5.56. The Kier molecular flexibility index (Phi) is 7.91. The van der Waals surface area contributed by atoms with Crippen LogP contribution in [0, 0.1) is 13.8 Å². The van der Waals surface area contributed by atoms with Crippen molar-refractivity contribution in [3.63, 3.8) is 0 Å². The van der Waals surface area contributed by atoms with E-state index in [0.717, 1.165) is 22.6 Å². The lowest BCUT2D eigenvalue weighted by molar-refractivity contribution is -0.140. The van der Waals surface area contributed by atoms with Gasteiger partial charge in [-0.25, -0.2) is 9.48 Å². The molecular weight excluding hydrogens is 386 g/mol. The molecule has 1 aromatic heterocycles. The quantitative estimate of drug-likeness (QED) is 0.501. The van der Waals surface area contributed by atoms with Gasteiger partial charge in [0.1, 0.15) is 0 Å². The van der Waals surface area contributed by atoms with Crippen molar-refractivity contribution in [2.75, 3.05) is 13.7 Å². The Balaban J connectivity index is 2.10. The van der Waals surface area contributed by atoms with Gasteiger partial charge >= 0.3 is 11.9 Å². The maximum absolute atomic E-state index is 12.3. The van der Waals surface area contributed by atoms with Crippen molar-refractivity contribution in [2.45, 2.75) is 39.7 Å². The molecule has 0 fully saturated rings. The Bertz CT molecular complexity index is 931. The highest BCUT2D eigenvalue weighted by molar-refractivity contribution is 5.92. The number of hydrogen-bond donors (Lipinski definition) is 1. The van der Waals surface area contributed by atoms with Gasteiger partial charge in [0.2, 0.25) is 0 Å². The van der Waals surface area contributed by atoms with Gasteiger partial charge in [-0.15, -0.1) is 6.58 Å². The van der Waals surface area contributed by atoms with Crippen LogP contribution in [-0.2, 0) is 25.5 Å². The number of methoxy groups -OCH3 is 1. The van der Waals surface area contributed by atoms with Gasteiger partial charge in [0.05, 0.1) is 24.1 Å². The predicted molar refractivity (Wildman–Crippen MR) is 111 cm³/mol. The first-order valence-electron chi connectivity index (χ1n) is 9.60. The number of aryl methyl sites for hydroxylation is 1. The SMILES string of the molecule is C=CCNC(=O)[C@H](C)OC(=O)c1ccc(-n2nc(C)c(CCC(=O)OC)c2C)cc1. The lowest BCUT2D eigenvalue weighted by Crippen LogP contribution is -2.35. The molecule has 0 spiro atoms. The minimum absolute atomic E-state index is 0.267. The van der Waals surface area contributed by atoms with Crippen LogP contribution in [0.4, 0.5) is 0 Å². The molecule has 0 aliphatic carbocycles. The number of rotatable bonds is 9. The second-order valence-electron chi connectivity index (χ2n) is 6.77. The molecule has 1 aromatic carbocycles. The summed E-state index contributed by atoms with van der Waals surface area (Å²) in [6.45, 7) is 9.15. The fourth-order valence-electron chi connectivity index (χ4n) is 2.95. The predicted octanol–water partition coefficient (Wildman–Crippen LogP) is 2.44. The van der Waals surface area contributed by atoms with Crippen molar-refractivity contribution in [1.29, 1.82) is 0 Å². The number of nitrogens with one attached hydrogen (secondary N) is 1. The van der Waals surface area contributed by atoms with E-state index in [1.165, 1.54) is 14.0 Å². The number of carbonyl (C=O) groups is 3. The Hall–Kier alpha value is -3.42. The average Bonchev–Trinajstić information content (AvgIpc) is 3.03. The summed E-state index contributed by atoms with van der Waals surface area (Å²) in [6.07, 6.45) is 1.46. The molecule has 160 valence electrons. The van der Waals surface area contributed by atoms with E-state index in [1.807, 2.05) is 13.8 Å². The number of hydrogen-bond acceptors (Lipinski definition) is 6. The van der Waals surface area contributed by atoms with E-state index in [4.69, 9.17) is 9.47 Å². The zero-order valence-corrected chi connectivity index (χ0v) is 17.7. The molecule has 1 atom stereocenters. The lowest BCUT2D eigenvalue weighted by Gasteiger charge is -2.13. The Labute approximate surface area is 175 Å². The normalized spacial score (nSPS) is 11.5. The minimum atomic E-state index is -0.912. The minimum Gasteiger partial charge on any atom is -0.469 e. The molecule has 0 aliphatic rings. The molecule has 8 heteroatoms. The maximum Gasteiger partial charge on any atom is 0.338 e. The highest BCUT2D eigenvalue weighted by atomic mass is 16.5. The summed E-state index contributed by atoms with van der Waals surface area (Å²) in [5, 5.41) is 7.13.